The molecule has 292 valence electrons. The Morgan fingerprint density at radius 2 is 1.37 bits per heavy atom. The third-order valence-corrected chi connectivity index (χ3v) is 11.7. The van der Waals surface area contributed by atoms with Gasteiger partial charge in [0.05, 0.1) is 16.7 Å². The summed E-state index contributed by atoms with van der Waals surface area (Å²) in [6.45, 7) is 25.2. The summed E-state index contributed by atoms with van der Waals surface area (Å²) in [6, 6.07) is 31.6. The Morgan fingerprint density at radius 3 is 2.05 bits per heavy atom. The molecule has 0 amide bonds. The number of hydrogen-bond acceptors (Lipinski definition) is 4. The molecule has 4 heterocycles. The number of para-hydroxylation sites is 1. The summed E-state index contributed by atoms with van der Waals surface area (Å²) >= 11 is 0. The van der Waals surface area contributed by atoms with Crippen molar-refractivity contribution in [3.8, 4) is 28.4 Å². The van der Waals surface area contributed by atoms with Crippen molar-refractivity contribution in [2.24, 2.45) is 0 Å². The number of nitrogens with zero attached hydrogens (tertiary/aromatic N) is 4. The molecule has 0 bridgehead atoms. The van der Waals surface area contributed by atoms with Crippen molar-refractivity contribution in [1.82, 2.24) is 19.4 Å². The molecule has 2 aromatic heterocycles. The summed E-state index contributed by atoms with van der Waals surface area (Å²) in [6.07, 6.45) is 13.2. The third kappa shape index (κ3) is 7.07. The second-order valence-electron chi connectivity index (χ2n) is 18.2. The van der Waals surface area contributed by atoms with Gasteiger partial charge in [-0.05, 0) is 131 Å². The van der Waals surface area contributed by atoms with E-state index >= 15 is 0 Å². The molecule has 0 spiro atoms. The van der Waals surface area contributed by atoms with E-state index in [2.05, 4.69) is 206 Å². The van der Waals surface area contributed by atoms with E-state index in [0.29, 0.717) is 23.8 Å². The molecule has 2 aliphatic rings. The van der Waals surface area contributed by atoms with Crippen molar-refractivity contribution in [3.63, 3.8) is 0 Å². The first-order valence-electron chi connectivity index (χ1n) is 20.8. The average molecular weight is 755 g/mol. The fraction of sp³-hybridized carbons (Fsp3) is 0.327. The predicted octanol–water partition coefficient (Wildman–Crippen LogP) is 14.0. The Kier molecular flexibility index (Phi) is 9.92. The number of rotatable bonds is 9. The van der Waals surface area contributed by atoms with E-state index in [9.17, 15) is 0 Å². The first-order chi connectivity index (χ1) is 27.2. The van der Waals surface area contributed by atoms with Gasteiger partial charge in [-0.25, -0.2) is 4.98 Å². The minimum Gasteiger partial charge on any atom is -0.457 e. The van der Waals surface area contributed by atoms with E-state index in [0.717, 1.165) is 39.6 Å². The number of fused-ring (bicyclic) bond motifs is 4. The quantitative estimate of drug-likeness (QED) is 0.147. The highest BCUT2D eigenvalue weighted by atomic mass is 16.5. The van der Waals surface area contributed by atoms with Crippen molar-refractivity contribution in [3.05, 3.63) is 150 Å². The second kappa shape index (κ2) is 14.8. The maximum absolute atomic E-state index is 7.06. The Labute approximate surface area is 340 Å². The normalized spacial score (nSPS) is 15.6. The fourth-order valence-electron chi connectivity index (χ4n) is 8.56. The van der Waals surface area contributed by atoms with Crippen LogP contribution in [0.25, 0.3) is 44.4 Å². The van der Waals surface area contributed by atoms with Gasteiger partial charge in [-0.3, -0.25) is 4.57 Å². The molecular formula is C52H58N4O. The smallest absolute Gasteiger partial charge is 0.137 e. The molecule has 0 radical (unpaired) electrons. The maximum atomic E-state index is 7.06. The highest BCUT2D eigenvalue weighted by Crippen LogP contribution is 2.44. The molecule has 0 saturated carbocycles. The second-order valence-corrected chi connectivity index (χ2v) is 18.2. The molecule has 6 aromatic rings. The lowest BCUT2D eigenvalue weighted by molar-refractivity contribution is 0.203. The Bertz CT molecular complexity index is 2540. The van der Waals surface area contributed by atoms with Crippen molar-refractivity contribution in [2.75, 3.05) is 0 Å². The summed E-state index contributed by atoms with van der Waals surface area (Å²) in [5.41, 5.74) is 12.4. The Hall–Kier alpha value is -5.55. The standard InChI is InChI=1S/C52H58N4O/c1-32(2)36-27-44(33(3)4)51(45(28-36)34(5)6)38-24-37(48-31-55(35(7)8)50-18-14-15-23-54(48)50)25-41(26-38)57-40-19-20-43-42-16-12-13-17-46(42)56(47(43)30-40)49-29-39(21-22-53-49)52(9,10)11/h12-35,50H,1-11H3. The van der Waals surface area contributed by atoms with Crippen LogP contribution in [0.3, 0.4) is 0 Å². The summed E-state index contributed by atoms with van der Waals surface area (Å²) in [4.78, 5) is 9.75. The van der Waals surface area contributed by atoms with Crippen LogP contribution in [-0.4, -0.2) is 31.6 Å². The number of hydrogen-bond donors (Lipinski definition) is 0. The number of pyridine rings is 1. The molecule has 0 N–H and O–H groups in total. The first-order valence-corrected chi connectivity index (χ1v) is 20.8. The van der Waals surface area contributed by atoms with E-state index in [1.807, 2.05) is 6.20 Å². The monoisotopic (exact) mass is 754 g/mol. The lowest BCUT2D eigenvalue weighted by Crippen LogP contribution is -2.39. The zero-order valence-electron chi connectivity index (χ0n) is 35.6. The van der Waals surface area contributed by atoms with Crippen LogP contribution in [0.2, 0.25) is 0 Å². The molecule has 1 unspecified atom stereocenters. The van der Waals surface area contributed by atoms with Gasteiger partial charge in [-0.15, -0.1) is 0 Å². The van der Waals surface area contributed by atoms with Gasteiger partial charge in [0.1, 0.15) is 23.5 Å². The van der Waals surface area contributed by atoms with Crippen LogP contribution in [0.4, 0.5) is 0 Å². The molecule has 0 saturated heterocycles. The summed E-state index contributed by atoms with van der Waals surface area (Å²) < 4.78 is 9.35. The van der Waals surface area contributed by atoms with Crippen LogP contribution in [0.1, 0.15) is 122 Å². The topological polar surface area (TPSA) is 33.5 Å². The van der Waals surface area contributed by atoms with Crippen LogP contribution < -0.4 is 4.74 Å². The van der Waals surface area contributed by atoms with E-state index in [1.165, 1.54) is 44.2 Å². The molecule has 5 heteroatoms. The van der Waals surface area contributed by atoms with Crippen LogP contribution in [0.15, 0.2) is 122 Å². The number of allylic oxidation sites excluding steroid dienone is 2. The van der Waals surface area contributed by atoms with E-state index in [1.54, 1.807) is 0 Å². The molecule has 57 heavy (non-hydrogen) atoms. The van der Waals surface area contributed by atoms with Crippen molar-refractivity contribution in [1.29, 1.82) is 0 Å². The SMILES string of the molecule is CC(C)c1cc(C(C)C)c(-c2cc(Oc3ccc4c5ccccc5n(-c5cc(C(C)(C)C)ccn5)c4c3)cc(C3=CN(C(C)C)C4C=CC=CN34)c2)c(C(C)C)c1. The predicted molar refractivity (Wildman–Crippen MR) is 240 cm³/mol. The Balaban J connectivity index is 1.33. The number of aromatic nitrogens is 2. The van der Waals surface area contributed by atoms with E-state index < -0.39 is 0 Å². The summed E-state index contributed by atoms with van der Waals surface area (Å²) in [5, 5.41) is 2.37. The average Bonchev–Trinajstić information content (AvgIpc) is 3.73. The lowest BCUT2D eigenvalue weighted by atomic mass is 9.81. The molecule has 4 aromatic carbocycles. The molecule has 0 fully saturated rings. The van der Waals surface area contributed by atoms with Crippen LogP contribution in [-0.2, 0) is 5.41 Å². The van der Waals surface area contributed by atoms with E-state index in [-0.39, 0.29) is 11.6 Å². The molecule has 8 rings (SSSR count). The molecule has 1 atom stereocenters. The van der Waals surface area contributed by atoms with Gasteiger partial charge in [0.15, 0.2) is 0 Å². The molecular weight excluding hydrogens is 697 g/mol. The molecule has 2 aliphatic heterocycles. The van der Waals surface area contributed by atoms with Crippen LogP contribution in [0, 0.1) is 0 Å². The minimum absolute atomic E-state index is 0.00528. The van der Waals surface area contributed by atoms with Crippen LogP contribution in [0.5, 0.6) is 11.5 Å². The van der Waals surface area contributed by atoms with E-state index in [4.69, 9.17) is 9.72 Å². The molecule has 0 aliphatic carbocycles. The van der Waals surface area contributed by atoms with Gasteiger partial charge in [0, 0.05) is 47.0 Å². The number of ether oxygens (including phenoxy) is 1. The van der Waals surface area contributed by atoms with Crippen molar-refractivity contribution < 1.29 is 4.74 Å². The van der Waals surface area contributed by atoms with Gasteiger partial charge >= 0.3 is 0 Å². The fourth-order valence-corrected chi connectivity index (χ4v) is 8.56. The van der Waals surface area contributed by atoms with Crippen LogP contribution >= 0.6 is 0 Å². The van der Waals surface area contributed by atoms with Gasteiger partial charge in [-0.1, -0.05) is 98.7 Å². The largest absolute Gasteiger partial charge is 0.457 e. The number of benzene rings is 4. The first kappa shape index (κ1) is 38.3. The highest BCUT2D eigenvalue weighted by molar-refractivity contribution is 6.09. The van der Waals surface area contributed by atoms with Crippen molar-refractivity contribution >= 4 is 27.5 Å². The summed E-state index contributed by atoms with van der Waals surface area (Å²) in [5.74, 6) is 3.64. The minimum atomic E-state index is -0.00528. The van der Waals surface area contributed by atoms with Crippen molar-refractivity contribution in [2.45, 2.75) is 112 Å². The summed E-state index contributed by atoms with van der Waals surface area (Å²) in [7, 11) is 0. The van der Waals surface area contributed by atoms with Gasteiger partial charge in [-0.2, -0.15) is 0 Å². The third-order valence-electron chi connectivity index (χ3n) is 11.7. The molecule has 5 nitrogen and oxygen atoms in total. The van der Waals surface area contributed by atoms with Gasteiger partial charge in [0.2, 0.25) is 0 Å². The van der Waals surface area contributed by atoms with Gasteiger partial charge < -0.3 is 14.5 Å². The van der Waals surface area contributed by atoms with Gasteiger partial charge in [0.25, 0.3) is 0 Å². The highest BCUT2D eigenvalue weighted by Gasteiger charge is 2.33. The lowest BCUT2D eigenvalue weighted by Gasteiger charge is -2.33. The zero-order valence-corrected chi connectivity index (χ0v) is 35.6. The zero-order chi connectivity index (χ0) is 40.3. The maximum Gasteiger partial charge on any atom is 0.137 e. The Morgan fingerprint density at radius 1 is 0.667 bits per heavy atom.